The van der Waals surface area contributed by atoms with Crippen LogP contribution in [-0.2, 0) is 10.9 Å². The molecule has 3 aromatic carbocycles. The van der Waals surface area contributed by atoms with Gasteiger partial charge in [0.15, 0.2) is 14.7 Å². The summed E-state index contributed by atoms with van der Waals surface area (Å²) < 4.78 is 1.28. The second-order valence-corrected chi connectivity index (χ2v) is 8.66. The topological polar surface area (TPSA) is 0 Å². The molecule has 22 heavy (non-hydrogen) atoms. The van der Waals surface area contributed by atoms with Gasteiger partial charge in [0.25, 0.3) is 0 Å². The average molecular weight is 417 g/mol. The SMILES string of the molecule is Cc1ccc([S+](c2ccc(C)cc2)c2ccc(I)cc2)cc1. The Labute approximate surface area is 149 Å². The van der Waals surface area contributed by atoms with Crippen LogP contribution in [0, 0.1) is 17.4 Å². The molecule has 0 aliphatic rings. The molecule has 0 aliphatic heterocycles. The van der Waals surface area contributed by atoms with E-state index in [2.05, 4.69) is 109 Å². The average Bonchev–Trinajstić information content (AvgIpc) is 2.53. The van der Waals surface area contributed by atoms with Gasteiger partial charge in [0.05, 0.1) is 10.9 Å². The fraction of sp³-hybridized carbons (Fsp3) is 0.100. The molecule has 0 saturated heterocycles. The monoisotopic (exact) mass is 417 g/mol. The lowest BCUT2D eigenvalue weighted by molar-refractivity contribution is 1.28. The highest BCUT2D eigenvalue weighted by Crippen LogP contribution is 2.31. The van der Waals surface area contributed by atoms with Gasteiger partial charge in [-0.1, -0.05) is 35.4 Å². The van der Waals surface area contributed by atoms with Gasteiger partial charge in [-0.05, 0) is 85.0 Å². The molecule has 0 nitrogen and oxygen atoms in total. The first kappa shape index (κ1) is 15.6. The van der Waals surface area contributed by atoms with Crippen LogP contribution in [0.5, 0.6) is 0 Å². The van der Waals surface area contributed by atoms with Crippen LogP contribution in [0.2, 0.25) is 0 Å². The lowest BCUT2D eigenvalue weighted by atomic mass is 10.2. The third-order valence-corrected chi connectivity index (χ3v) is 6.51. The first-order chi connectivity index (χ1) is 10.6. The summed E-state index contributed by atoms with van der Waals surface area (Å²) in [6, 6.07) is 26.8. The van der Waals surface area contributed by atoms with Crippen molar-refractivity contribution in [1.82, 2.24) is 0 Å². The molecule has 0 amide bonds. The van der Waals surface area contributed by atoms with Gasteiger partial charge in [0.2, 0.25) is 0 Å². The van der Waals surface area contributed by atoms with Crippen LogP contribution in [0.15, 0.2) is 87.5 Å². The Bertz CT molecular complexity index is 635. The Morgan fingerprint density at radius 3 is 1.23 bits per heavy atom. The molecule has 0 heterocycles. The fourth-order valence-electron chi connectivity index (χ4n) is 2.33. The van der Waals surface area contributed by atoms with E-state index in [1.54, 1.807) is 0 Å². The number of benzene rings is 3. The van der Waals surface area contributed by atoms with E-state index in [1.807, 2.05) is 0 Å². The Hall–Kier alpha value is -1.26. The van der Waals surface area contributed by atoms with Crippen LogP contribution < -0.4 is 0 Å². The van der Waals surface area contributed by atoms with Gasteiger partial charge in [-0.25, -0.2) is 0 Å². The summed E-state index contributed by atoms with van der Waals surface area (Å²) in [5.74, 6) is 0. The van der Waals surface area contributed by atoms with Crippen molar-refractivity contribution in [3.05, 3.63) is 87.5 Å². The molecule has 3 rings (SSSR count). The molecule has 0 bridgehead atoms. The second-order valence-electron chi connectivity index (χ2n) is 5.39. The van der Waals surface area contributed by atoms with E-state index in [-0.39, 0.29) is 10.9 Å². The van der Waals surface area contributed by atoms with Crippen molar-refractivity contribution < 1.29 is 0 Å². The van der Waals surface area contributed by atoms with Crippen molar-refractivity contribution in [3.63, 3.8) is 0 Å². The van der Waals surface area contributed by atoms with Crippen molar-refractivity contribution >= 4 is 33.5 Å². The molecule has 0 radical (unpaired) electrons. The Morgan fingerprint density at radius 2 is 0.864 bits per heavy atom. The van der Waals surface area contributed by atoms with Crippen molar-refractivity contribution in [1.29, 1.82) is 0 Å². The molecule has 0 aliphatic carbocycles. The van der Waals surface area contributed by atoms with Crippen LogP contribution in [0.3, 0.4) is 0 Å². The molecule has 0 saturated carbocycles. The number of hydrogen-bond acceptors (Lipinski definition) is 0. The maximum absolute atomic E-state index is 2.36. The third-order valence-electron chi connectivity index (χ3n) is 3.56. The zero-order valence-corrected chi connectivity index (χ0v) is 15.7. The van der Waals surface area contributed by atoms with Crippen LogP contribution >= 0.6 is 22.6 Å². The normalized spacial score (nSPS) is 10.9. The summed E-state index contributed by atoms with van der Waals surface area (Å²) >= 11 is 2.36. The van der Waals surface area contributed by atoms with Gasteiger partial charge in [-0.15, -0.1) is 0 Å². The smallest absolute Gasteiger partial charge is 0.0543 e. The fourth-order valence-corrected chi connectivity index (χ4v) is 4.73. The van der Waals surface area contributed by atoms with Crippen molar-refractivity contribution in [2.75, 3.05) is 0 Å². The Kier molecular flexibility index (Phi) is 4.89. The highest BCUT2D eigenvalue weighted by molar-refractivity contribution is 14.1. The van der Waals surface area contributed by atoms with E-state index in [0.29, 0.717) is 0 Å². The van der Waals surface area contributed by atoms with Crippen LogP contribution in [0.25, 0.3) is 0 Å². The van der Waals surface area contributed by atoms with Gasteiger partial charge in [-0.2, -0.15) is 0 Å². The Balaban J connectivity index is 2.10. The summed E-state index contributed by atoms with van der Waals surface area (Å²) in [6.45, 7) is 4.28. The summed E-state index contributed by atoms with van der Waals surface area (Å²) in [5, 5.41) is 0. The second kappa shape index (κ2) is 6.88. The van der Waals surface area contributed by atoms with Crippen LogP contribution in [0.4, 0.5) is 0 Å². The standard InChI is InChI=1S/C20H18IS/c1-15-3-9-18(10-4-15)22(19-11-5-16(2)6-12-19)20-13-7-17(21)8-14-20/h3-14H,1-2H3/q+1. The molecular weight excluding hydrogens is 399 g/mol. The van der Waals surface area contributed by atoms with Crippen molar-refractivity contribution in [2.45, 2.75) is 28.5 Å². The van der Waals surface area contributed by atoms with Gasteiger partial charge < -0.3 is 0 Å². The molecular formula is C20H18IS+. The number of rotatable bonds is 3. The lowest BCUT2D eigenvalue weighted by Gasteiger charge is -2.08. The van der Waals surface area contributed by atoms with Crippen LogP contribution in [0.1, 0.15) is 11.1 Å². The first-order valence-electron chi connectivity index (χ1n) is 7.27. The maximum atomic E-state index is 2.36. The van der Waals surface area contributed by atoms with Crippen molar-refractivity contribution in [2.24, 2.45) is 0 Å². The lowest BCUT2D eigenvalue weighted by Crippen LogP contribution is -2.04. The third kappa shape index (κ3) is 3.55. The largest absolute Gasteiger partial charge is 0.166 e. The van der Waals surface area contributed by atoms with Gasteiger partial charge in [0, 0.05) is 3.57 Å². The Morgan fingerprint density at radius 1 is 0.545 bits per heavy atom. The molecule has 0 N–H and O–H groups in total. The van der Waals surface area contributed by atoms with E-state index < -0.39 is 0 Å². The minimum atomic E-state index is -0.0428. The molecule has 0 unspecified atom stereocenters. The number of halogens is 1. The van der Waals surface area contributed by atoms with Gasteiger partial charge >= 0.3 is 0 Å². The maximum Gasteiger partial charge on any atom is 0.166 e. The predicted octanol–water partition coefficient (Wildman–Crippen LogP) is 6.00. The van der Waals surface area contributed by atoms with E-state index in [0.717, 1.165) is 0 Å². The van der Waals surface area contributed by atoms with E-state index in [1.165, 1.54) is 29.4 Å². The highest BCUT2D eigenvalue weighted by atomic mass is 127. The molecule has 3 aromatic rings. The first-order valence-corrected chi connectivity index (χ1v) is 9.57. The number of aryl methyl sites for hydroxylation is 2. The number of hydrogen-bond donors (Lipinski definition) is 0. The molecule has 0 fully saturated rings. The zero-order valence-electron chi connectivity index (χ0n) is 12.7. The van der Waals surface area contributed by atoms with E-state index in [4.69, 9.17) is 0 Å². The summed E-state index contributed by atoms with van der Waals surface area (Å²) in [4.78, 5) is 4.11. The van der Waals surface area contributed by atoms with Crippen LogP contribution in [-0.4, -0.2) is 0 Å². The predicted molar refractivity (Wildman–Crippen MR) is 104 cm³/mol. The van der Waals surface area contributed by atoms with Gasteiger partial charge in [0.1, 0.15) is 0 Å². The van der Waals surface area contributed by atoms with Crippen molar-refractivity contribution in [3.8, 4) is 0 Å². The molecule has 0 spiro atoms. The molecule has 110 valence electrons. The zero-order chi connectivity index (χ0) is 15.5. The quantitative estimate of drug-likeness (QED) is 0.362. The van der Waals surface area contributed by atoms with E-state index >= 15 is 0 Å². The molecule has 2 heteroatoms. The van der Waals surface area contributed by atoms with Gasteiger partial charge in [-0.3, -0.25) is 0 Å². The minimum absolute atomic E-state index is 0.0428. The summed E-state index contributed by atoms with van der Waals surface area (Å²) in [6.07, 6.45) is 0. The molecule has 0 atom stereocenters. The highest BCUT2D eigenvalue weighted by Gasteiger charge is 2.28. The van der Waals surface area contributed by atoms with E-state index in [9.17, 15) is 0 Å². The summed E-state index contributed by atoms with van der Waals surface area (Å²) in [7, 11) is -0.0428. The molecule has 0 aromatic heterocycles. The summed E-state index contributed by atoms with van der Waals surface area (Å²) in [5.41, 5.74) is 2.61. The minimum Gasteiger partial charge on any atom is -0.0543 e.